The van der Waals surface area contributed by atoms with Crippen LogP contribution in [0.1, 0.15) is 88.1 Å². The van der Waals surface area contributed by atoms with E-state index in [1.807, 2.05) is 48.5 Å². The lowest BCUT2D eigenvalue weighted by Crippen LogP contribution is -2.61. The molecule has 442 valence electrons. The van der Waals surface area contributed by atoms with Gasteiger partial charge in [-0.1, -0.05) is 80.4 Å². The first-order chi connectivity index (χ1) is 39.3. The minimum absolute atomic E-state index is 0.00704. The summed E-state index contributed by atoms with van der Waals surface area (Å²) in [5.41, 5.74) is 10.6. The molecule has 7 amide bonds. The molecule has 0 radical (unpaired) electrons. The number of hydrogen-bond donors (Lipinski definition) is 12. The summed E-state index contributed by atoms with van der Waals surface area (Å²) < 4.78 is 5.87. The van der Waals surface area contributed by atoms with Crippen molar-refractivity contribution in [3.05, 3.63) is 108 Å². The maximum absolute atomic E-state index is 14.6. The smallest absolute Gasteiger partial charge is 0.251 e. The van der Waals surface area contributed by atoms with E-state index in [4.69, 9.17) is 10.5 Å². The van der Waals surface area contributed by atoms with Crippen molar-refractivity contribution in [3.8, 4) is 33.8 Å². The maximum Gasteiger partial charge on any atom is 0.251 e. The first-order valence-electron chi connectivity index (χ1n) is 28.3. The Hall–Kier alpha value is -7.47. The molecule has 4 aromatic carbocycles. The van der Waals surface area contributed by atoms with Crippen LogP contribution in [0.2, 0.25) is 0 Å². The van der Waals surface area contributed by atoms with Gasteiger partial charge in [-0.2, -0.15) is 0 Å². The van der Waals surface area contributed by atoms with Crippen molar-refractivity contribution in [1.82, 2.24) is 41.7 Å². The molecule has 82 heavy (non-hydrogen) atoms. The third-order valence-electron chi connectivity index (χ3n) is 15.2. The van der Waals surface area contributed by atoms with E-state index in [2.05, 4.69) is 38.8 Å². The van der Waals surface area contributed by atoms with Crippen molar-refractivity contribution in [2.45, 2.75) is 145 Å². The van der Waals surface area contributed by atoms with E-state index in [-0.39, 0.29) is 82.6 Å². The molecule has 0 bridgehead atoms. The Morgan fingerprint density at radius 1 is 0.720 bits per heavy atom. The van der Waals surface area contributed by atoms with E-state index in [1.54, 1.807) is 36.4 Å². The van der Waals surface area contributed by atoms with Crippen molar-refractivity contribution in [2.75, 3.05) is 39.4 Å². The van der Waals surface area contributed by atoms with Crippen LogP contribution in [0, 0.1) is 0 Å². The zero-order chi connectivity index (χ0) is 59.0. The number of benzene rings is 4. The van der Waals surface area contributed by atoms with E-state index >= 15 is 0 Å². The van der Waals surface area contributed by atoms with Gasteiger partial charge in [0, 0.05) is 50.2 Å². The van der Waals surface area contributed by atoms with Crippen LogP contribution in [-0.4, -0.2) is 183 Å². The Morgan fingerprint density at radius 2 is 1.28 bits per heavy atom. The molecule has 8 unspecified atom stereocenters. The molecule has 0 aromatic heterocycles. The summed E-state index contributed by atoms with van der Waals surface area (Å²) in [4.78, 5) is 103. The number of carbonyl (C=O) groups is 7. The van der Waals surface area contributed by atoms with Gasteiger partial charge in [-0.15, -0.1) is 0 Å². The Balaban J connectivity index is 1.14. The highest BCUT2D eigenvalue weighted by Gasteiger charge is 2.46. The lowest BCUT2D eigenvalue weighted by atomic mass is 9.99. The predicted octanol–water partition coefficient (Wildman–Crippen LogP) is 0.993. The van der Waals surface area contributed by atoms with Crippen LogP contribution in [0.3, 0.4) is 0 Å². The van der Waals surface area contributed by atoms with Gasteiger partial charge < -0.3 is 77.7 Å². The maximum atomic E-state index is 14.6. The van der Waals surface area contributed by atoms with Crippen LogP contribution in [0.15, 0.2) is 97.1 Å². The van der Waals surface area contributed by atoms with Crippen molar-refractivity contribution in [1.29, 1.82) is 0 Å². The molecule has 0 spiro atoms. The van der Waals surface area contributed by atoms with Gasteiger partial charge in [0.1, 0.15) is 47.8 Å². The second-order valence-corrected chi connectivity index (χ2v) is 21.6. The van der Waals surface area contributed by atoms with Gasteiger partial charge in [0.15, 0.2) is 0 Å². The fraction of sp³-hybridized carbons (Fsp3) is 0.483. The van der Waals surface area contributed by atoms with Crippen molar-refractivity contribution >= 4 is 41.4 Å². The highest BCUT2D eigenvalue weighted by Crippen LogP contribution is 2.28. The Morgan fingerprint density at radius 3 is 1.87 bits per heavy atom. The molecule has 3 heterocycles. The van der Waals surface area contributed by atoms with Gasteiger partial charge in [-0.05, 0) is 117 Å². The molecule has 3 aliphatic heterocycles. The summed E-state index contributed by atoms with van der Waals surface area (Å²) in [5.74, 6) is -4.88. The second kappa shape index (κ2) is 29.5. The number of rotatable bonds is 18. The number of aliphatic hydroxyl groups excluding tert-OH is 4. The number of nitrogens with zero attached hydrogens (tertiary/aromatic N) is 2. The number of aromatic hydroxyl groups is 1. The molecule has 22 nitrogen and oxygen atoms in total. The molecule has 13 N–H and O–H groups in total. The number of aryl methyl sites for hydroxylation is 1. The fourth-order valence-electron chi connectivity index (χ4n) is 10.4. The molecule has 3 aliphatic rings. The molecule has 11 atom stereocenters. The van der Waals surface area contributed by atoms with Gasteiger partial charge in [-0.25, -0.2) is 0 Å². The van der Waals surface area contributed by atoms with Crippen LogP contribution >= 0.6 is 0 Å². The van der Waals surface area contributed by atoms with Crippen molar-refractivity contribution in [2.24, 2.45) is 5.73 Å². The number of phenols is 1. The van der Waals surface area contributed by atoms with Crippen LogP contribution in [0.4, 0.5) is 0 Å². The quantitative estimate of drug-likeness (QED) is 0.0619. The molecule has 3 fully saturated rings. The number of nitrogens with one attached hydrogen (secondary N) is 6. The number of ether oxygens (including phenoxy) is 1. The topological polar surface area (TPSA) is 335 Å². The Kier molecular flexibility index (Phi) is 22.3. The summed E-state index contributed by atoms with van der Waals surface area (Å²) >= 11 is 0. The average Bonchev–Trinajstić information content (AvgIpc) is 4.16. The number of aliphatic hydroxyl groups is 4. The van der Waals surface area contributed by atoms with Crippen LogP contribution < -0.4 is 42.4 Å². The predicted molar refractivity (Wildman–Crippen MR) is 305 cm³/mol. The Bertz CT molecular complexity index is 2800. The molecular formula is C60H79N9O13. The van der Waals surface area contributed by atoms with E-state index in [9.17, 15) is 59.1 Å². The standard InChI is InChI=1S/C60H79N9O13/c1-4-5-6-28-82-47-24-20-41(21-25-47)39-14-12-38(13-15-39)40-16-18-42(19-17-40)54(75)64-48-8-7-27-62-57(78)50-29-44(63-31-43(61)34-70)32-68(50)59(80)52(35(2)71)67-56(77)49(26-11-37-9-22-45(73)23-10-37)65-58(79)51-30-46(74)33-69(51)60(81)53(36(3)72)66-55(48)76/h9-10,12-25,35-36,43-44,46,48-53,63,70-74H,4-8,11,26-34,61H2,1-3H3,(H,62,78)(H,64,75)(H,65,79)(H,66,76)(H,67,77)/t35?,36?,43?,44-,46+,48-,49?,50?,51?,52?,53?/m0/s1. The second-order valence-electron chi connectivity index (χ2n) is 21.6. The molecule has 3 saturated heterocycles. The van der Waals surface area contributed by atoms with E-state index < -0.39 is 108 Å². The van der Waals surface area contributed by atoms with Gasteiger partial charge in [0.2, 0.25) is 35.4 Å². The van der Waals surface area contributed by atoms with Gasteiger partial charge in [0.25, 0.3) is 5.91 Å². The third-order valence-corrected chi connectivity index (χ3v) is 15.2. The number of phenolic OH excluding ortho intramolecular Hbond substituents is 1. The molecule has 7 rings (SSSR count). The number of nitrogens with two attached hydrogens (primary N) is 1. The first-order valence-corrected chi connectivity index (χ1v) is 28.3. The number of hydrogen-bond acceptors (Lipinski definition) is 15. The highest BCUT2D eigenvalue weighted by molar-refractivity contribution is 6.00. The number of fused-ring (bicyclic) bond motifs is 2. The molecule has 0 aliphatic carbocycles. The van der Waals surface area contributed by atoms with Gasteiger partial charge in [0.05, 0.1) is 31.5 Å². The monoisotopic (exact) mass is 1130 g/mol. The minimum atomic E-state index is -1.70. The summed E-state index contributed by atoms with van der Waals surface area (Å²) in [7, 11) is 0. The number of amides is 7. The van der Waals surface area contributed by atoms with Gasteiger partial charge >= 0.3 is 0 Å². The van der Waals surface area contributed by atoms with E-state index in [1.165, 1.54) is 30.9 Å². The van der Waals surface area contributed by atoms with E-state index in [0.717, 1.165) is 52.2 Å². The largest absolute Gasteiger partial charge is 0.508 e. The number of carbonyl (C=O) groups excluding carboxylic acids is 7. The fourth-order valence-corrected chi connectivity index (χ4v) is 10.4. The van der Waals surface area contributed by atoms with E-state index in [0.29, 0.717) is 12.2 Å². The SMILES string of the molecule is CCCCCOc1ccc(-c2ccc(-c3ccc(C(=O)N[C@H]4CCCNC(=O)C5C[C@H](NCC(N)CO)CN5C(=O)C(C(C)O)NC(=O)C(CCc5ccc(O)cc5)NC(=O)C5C[C@@H](O)CN5C(=O)C(C(C)O)NC4=O)cc3)cc2)cc1. The lowest BCUT2D eigenvalue weighted by molar-refractivity contribution is -0.145. The molecule has 22 heteroatoms. The minimum Gasteiger partial charge on any atom is -0.508 e. The Labute approximate surface area is 477 Å². The van der Waals surface area contributed by atoms with Crippen LogP contribution in [0.25, 0.3) is 22.3 Å². The molecule has 0 saturated carbocycles. The summed E-state index contributed by atoms with van der Waals surface area (Å²) in [6.07, 6.45) is -1.30. The summed E-state index contributed by atoms with van der Waals surface area (Å²) in [6, 6.07) is 18.9. The lowest BCUT2D eigenvalue weighted by Gasteiger charge is -2.32. The van der Waals surface area contributed by atoms with Crippen LogP contribution in [0.5, 0.6) is 11.5 Å². The zero-order valence-electron chi connectivity index (χ0n) is 46.7. The molecular weight excluding hydrogens is 1050 g/mol. The first kappa shape index (κ1) is 62.1. The number of unbranched alkanes of at least 4 members (excludes halogenated alkanes) is 2. The van der Waals surface area contributed by atoms with Crippen molar-refractivity contribution in [3.63, 3.8) is 0 Å². The molecule has 4 aromatic rings. The highest BCUT2D eigenvalue weighted by atomic mass is 16.5. The van der Waals surface area contributed by atoms with Gasteiger partial charge in [-0.3, -0.25) is 33.6 Å². The zero-order valence-corrected chi connectivity index (χ0v) is 46.7. The summed E-state index contributed by atoms with van der Waals surface area (Å²) in [5, 5.41) is 69.2. The van der Waals surface area contributed by atoms with Crippen molar-refractivity contribution < 1.29 is 63.8 Å². The normalized spacial score (nSPS) is 24.4. The average molecular weight is 1130 g/mol. The third kappa shape index (κ3) is 16.6. The van der Waals surface area contributed by atoms with Crippen LogP contribution in [-0.2, 0) is 35.2 Å². The summed E-state index contributed by atoms with van der Waals surface area (Å²) in [6.45, 7) is 4.62.